The smallest absolute Gasteiger partial charge is 0.354 e. The Morgan fingerprint density at radius 3 is 2.90 bits per heavy atom. The molecule has 6 heteroatoms. The number of carbonyl (C=O) groups is 2. The van der Waals surface area contributed by atoms with Gasteiger partial charge in [-0.05, 0) is 18.1 Å². The molecule has 1 aliphatic rings. The maximum absolute atomic E-state index is 12.4. The first-order chi connectivity index (χ1) is 9.49. The highest BCUT2D eigenvalue weighted by Crippen LogP contribution is 2.16. The third kappa shape index (κ3) is 3.14. The Balaban J connectivity index is 2.14. The van der Waals surface area contributed by atoms with Gasteiger partial charge in [-0.1, -0.05) is 13.8 Å². The fraction of sp³-hybridized carbons (Fsp3) is 0.500. The van der Waals surface area contributed by atoms with Gasteiger partial charge in [0.05, 0.1) is 12.7 Å². The first-order valence-corrected chi connectivity index (χ1v) is 6.59. The van der Waals surface area contributed by atoms with Crippen LogP contribution in [-0.2, 0) is 4.74 Å². The summed E-state index contributed by atoms with van der Waals surface area (Å²) in [5, 5.41) is 8.91. The second-order valence-electron chi connectivity index (χ2n) is 5.14. The topological polar surface area (TPSA) is 79.7 Å². The van der Waals surface area contributed by atoms with Gasteiger partial charge in [0.2, 0.25) is 0 Å². The number of hydrogen-bond donors (Lipinski definition) is 1. The Bertz CT molecular complexity index is 516. The molecule has 1 saturated heterocycles. The van der Waals surface area contributed by atoms with Crippen molar-refractivity contribution in [3.8, 4) is 0 Å². The molecule has 0 aliphatic carbocycles. The average molecular weight is 278 g/mol. The molecular weight excluding hydrogens is 260 g/mol. The van der Waals surface area contributed by atoms with E-state index in [1.165, 1.54) is 18.3 Å². The van der Waals surface area contributed by atoms with Crippen LogP contribution in [0.25, 0.3) is 0 Å². The number of carbonyl (C=O) groups excluding carboxylic acids is 1. The highest BCUT2D eigenvalue weighted by molar-refractivity contribution is 5.96. The molecule has 2 rings (SSSR count). The predicted molar refractivity (Wildman–Crippen MR) is 71.7 cm³/mol. The maximum atomic E-state index is 12.4. The number of aromatic carboxylic acids is 1. The largest absolute Gasteiger partial charge is 0.477 e. The molecule has 1 atom stereocenters. The van der Waals surface area contributed by atoms with Crippen molar-refractivity contribution in [3.05, 3.63) is 29.6 Å². The van der Waals surface area contributed by atoms with E-state index in [1.807, 2.05) is 13.8 Å². The average Bonchev–Trinajstić information content (AvgIpc) is 2.46. The van der Waals surface area contributed by atoms with Gasteiger partial charge in [-0.15, -0.1) is 0 Å². The van der Waals surface area contributed by atoms with E-state index in [-0.39, 0.29) is 17.7 Å². The van der Waals surface area contributed by atoms with Crippen molar-refractivity contribution in [2.45, 2.75) is 20.0 Å². The Kier molecular flexibility index (Phi) is 4.34. The lowest BCUT2D eigenvalue weighted by Gasteiger charge is -2.35. The van der Waals surface area contributed by atoms with Crippen LogP contribution in [0.5, 0.6) is 0 Å². The maximum Gasteiger partial charge on any atom is 0.354 e. The van der Waals surface area contributed by atoms with Crippen LogP contribution in [0, 0.1) is 5.92 Å². The highest BCUT2D eigenvalue weighted by atomic mass is 16.5. The van der Waals surface area contributed by atoms with Crippen LogP contribution < -0.4 is 0 Å². The minimum atomic E-state index is -1.14. The summed E-state index contributed by atoms with van der Waals surface area (Å²) in [4.78, 5) is 28.7. The third-order valence-electron chi connectivity index (χ3n) is 3.35. The molecule has 1 amide bonds. The zero-order valence-electron chi connectivity index (χ0n) is 11.6. The summed E-state index contributed by atoms with van der Waals surface area (Å²) in [6.07, 6.45) is 1.37. The molecule has 1 aromatic heterocycles. The van der Waals surface area contributed by atoms with Gasteiger partial charge in [-0.2, -0.15) is 0 Å². The lowest BCUT2D eigenvalue weighted by atomic mass is 10.0. The van der Waals surface area contributed by atoms with Gasteiger partial charge in [0.1, 0.15) is 5.69 Å². The normalized spacial score (nSPS) is 19.1. The SMILES string of the molecule is CC(C)C1CN(C(=O)c2ccnc(C(=O)O)c2)CCO1. The molecular formula is C14H18N2O4. The zero-order valence-corrected chi connectivity index (χ0v) is 11.6. The monoisotopic (exact) mass is 278 g/mol. The number of nitrogens with zero attached hydrogens (tertiary/aromatic N) is 2. The van der Waals surface area contributed by atoms with Crippen LogP contribution in [0.2, 0.25) is 0 Å². The van der Waals surface area contributed by atoms with Gasteiger partial charge in [-0.25, -0.2) is 9.78 Å². The van der Waals surface area contributed by atoms with E-state index in [1.54, 1.807) is 4.90 Å². The summed E-state index contributed by atoms with van der Waals surface area (Å²) < 4.78 is 5.62. The van der Waals surface area contributed by atoms with Gasteiger partial charge >= 0.3 is 5.97 Å². The number of aromatic nitrogens is 1. The third-order valence-corrected chi connectivity index (χ3v) is 3.35. The van der Waals surface area contributed by atoms with Crippen LogP contribution in [0.15, 0.2) is 18.3 Å². The fourth-order valence-corrected chi connectivity index (χ4v) is 2.13. The number of carboxylic acids is 1. The zero-order chi connectivity index (χ0) is 14.7. The van der Waals surface area contributed by atoms with Crippen molar-refractivity contribution in [2.75, 3.05) is 19.7 Å². The molecule has 0 saturated carbocycles. The van der Waals surface area contributed by atoms with Crippen LogP contribution >= 0.6 is 0 Å². The van der Waals surface area contributed by atoms with Gasteiger partial charge in [-0.3, -0.25) is 4.79 Å². The van der Waals surface area contributed by atoms with Crippen LogP contribution in [-0.4, -0.2) is 52.7 Å². The molecule has 0 radical (unpaired) electrons. The van der Waals surface area contributed by atoms with Crippen molar-refractivity contribution in [2.24, 2.45) is 5.92 Å². The molecule has 1 fully saturated rings. The van der Waals surface area contributed by atoms with Gasteiger partial charge in [0, 0.05) is 24.8 Å². The second kappa shape index (κ2) is 6.00. The molecule has 1 unspecified atom stereocenters. The summed E-state index contributed by atoms with van der Waals surface area (Å²) >= 11 is 0. The van der Waals surface area contributed by atoms with E-state index in [2.05, 4.69) is 4.98 Å². The van der Waals surface area contributed by atoms with Crippen LogP contribution in [0.1, 0.15) is 34.7 Å². The van der Waals surface area contributed by atoms with Crippen LogP contribution in [0.4, 0.5) is 0 Å². The van der Waals surface area contributed by atoms with E-state index < -0.39 is 5.97 Å². The molecule has 108 valence electrons. The number of ether oxygens (including phenoxy) is 1. The number of morpholine rings is 1. The first-order valence-electron chi connectivity index (χ1n) is 6.59. The number of rotatable bonds is 3. The molecule has 1 aromatic rings. The molecule has 20 heavy (non-hydrogen) atoms. The number of hydrogen-bond acceptors (Lipinski definition) is 4. The summed E-state index contributed by atoms with van der Waals surface area (Å²) in [5.41, 5.74) is 0.228. The van der Waals surface area contributed by atoms with Gasteiger partial charge in [0.15, 0.2) is 0 Å². The highest BCUT2D eigenvalue weighted by Gasteiger charge is 2.27. The Hall–Kier alpha value is -1.95. The lowest BCUT2D eigenvalue weighted by molar-refractivity contribution is -0.0420. The van der Waals surface area contributed by atoms with E-state index in [9.17, 15) is 9.59 Å². The van der Waals surface area contributed by atoms with Crippen LogP contribution in [0.3, 0.4) is 0 Å². The van der Waals surface area contributed by atoms with E-state index in [0.29, 0.717) is 31.2 Å². The van der Waals surface area contributed by atoms with Crippen molar-refractivity contribution in [3.63, 3.8) is 0 Å². The standard InChI is InChI=1S/C14H18N2O4/c1-9(2)12-8-16(5-6-20-12)13(17)10-3-4-15-11(7-10)14(18)19/h3-4,7,9,12H,5-6,8H2,1-2H3,(H,18,19). The molecule has 2 heterocycles. The summed E-state index contributed by atoms with van der Waals surface area (Å²) in [6, 6.07) is 2.85. The predicted octanol–water partition coefficient (Wildman–Crippen LogP) is 1.28. The van der Waals surface area contributed by atoms with E-state index in [0.717, 1.165) is 0 Å². The van der Waals surface area contributed by atoms with Gasteiger partial charge in [0.25, 0.3) is 5.91 Å². The minimum absolute atomic E-state index is 0.0217. The number of carboxylic acid groups (broad SMARTS) is 1. The molecule has 1 N–H and O–H groups in total. The van der Waals surface area contributed by atoms with E-state index in [4.69, 9.17) is 9.84 Å². The Labute approximate surface area is 117 Å². The lowest BCUT2D eigenvalue weighted by Crippen LogP contribution is -2.47. The van der Waals surface area contributed by atoms with Crippen molar-refractivity contribution >= 4 is 11.9 Å². The number of amides is 1. The fourth-order valence-electron chi connectivity index (χ4n) is 2.13. The first kappa shape index (κ1) is 14.5. The Morgan fingerprint density at radius 2 is 2.25 bits per heavy atom. The quantitative estimate of drug-likeness (QED) is 0.900. The molecule has 0 bridgehead atoms. The summed E-state index contributed by atoms with van der Waals surface area (Å²) in [5.74, 6) is -0.983. The number of pyridine rings is 1. The van der Waals surface area contributed by atoms with Crippen molar-refractivity contribution in [1.82, 2.24) is 9.88 Å². The van der Waals surface area contributed by atoms with E-state index >= 15 is 0 Å². The second-order valence-corrected chi connectivity index (χ2v) is 5.14. The molecule has 6 nitrogen and oxygen atoms in total. The Morgan fingerprint density at radius 1 is 1.50 bits per heavy atom. The molecule has 0 aromatic carbocycles. The molecule has 1 aliphatic heterocycles. The van der Waals surface area contributed by atoms with Gasteiger partial charge < -0.3 is 14.7 Å². The minimum Gasteiger partial charge on any atom is -0.477 e. The summed E-state index contributed by atoms with van der Waals surface area (Å²) in [6.45, 7) is 5.65. The molecule has 0 spiro atoms. The summed E-state index contributed by atoms with van der Waals surface area (Å²) in [7, 11) is 0. The van der Waals surface area contributed by atoms with Crippen molar-refractivity contribution < 1.29 is 19.4 Å². The van der Waals surface area contributed by atoms with Crippen molar-refractivity contribution in [1.29, 1.82) is 0 Å².